The first-order valence-corrected chi connectivity index (χ1v) is 30.2. The molecule has 0 aliphatic carbocycles. The van der Waals surface area contributed by atoms with E-state index >= 15 is 0 Å². The third-order valence-corrected chi connectivity index (χ3v) is 18.7. The minimum absolute atomic E-state index is 0.0757. The predicted octanol–water partition coefficient (Wildman–Crippen LogP) is 3.78. The van der Waals surface area contributed by atoms with Gasteiger partial charge in [-0.25, -0.2) is 18.3 Å². The Hall–Kier alpha value is -5.98. The van der Waals surface area contributed by atoms with Crippen LogP contribution in [0, 0.1) is 11.8 Å². The van der Waals surface area contributed by atoms with Crippen LogP contribution in [0.3, 0.4) is 0 Å². The van der Waals surface area contributed by atoms with Crippen molar-refractivity contribution in [3.8, 4) is 23.3 Å². The maximum absolute atomic E-state index is 14.7. The molecule has 3 aromatic carbocycles. The minimum Gasteiger partial charge on any atom is -0.455 e. The van der Waals surface area contributed by atoms with Gasteiger partial charge in [0.2, 0.25) is 17.2 Å². The SMILES string of the molecule is CN(CCCC(=O)NCC#Cc1cn([C@H]2CC[C@@H](COP(=O)(O)OP(=O)(O)OP(=O)(O)O)O2)c2nc(N)[nH]c(=O)c12)C(=O)c1ccccc1C1=c2cc3c4c(c2Oc2c1cc1c5c2CCCN5CCC1)CCC[N+]=4CCC3. The van der Waals surface area contributed by atoms with Gasteiger partial charge in [-0.15, -0.1) is 0 Å². The van der Waals surface area contributed by atoms with Gasteiger partial charge >= 0.3 is 23.5 Å². The summed E-state index contributed by atoms with van der Waals surface area (Å²) in [7, 11) is -14.9. The highest BCUT2D eigenvalue weighted by molar-refractivity contribution is 7.66. The molecule has 0 radical (unpaired) electrons. The van der Waals surface area contributed by atoms with Crippen molar-refractivity contribution in [1.82, 2.24) is 29.3 Å². The highest BCUT2D eigenvalue weighted by Gasteiger charge is 2.42. The lowest BCUT2D eigenvalue weighted by molar-refractivity contribution is -0.121. The van der Waals surface area contributed by atoms with Crippen LogP contribution in [0.1, 0.15) is 107 Å². The fourth-order valence-corrected chi connectivity index (χ4v) is 14.9. The second-order valence-electron chi connectivity index (χ2n) is 20.1. The number of ether oxygens (including phenoxy) is 2. The number of aryl methyl sites for hydroxylation is 2. The van der Waals surface area contributed by atoms with E-state index < -0.39 is 48.0 Å². The smallest absolute Gasteiger partial charge is 0.455 e. The standard InChI is InChI=1S/C51H57N8O15P3/c1-56(21-9-17-40(60)53-20-4-10-32-28-59(48-42(32)49(61)55-51(52)54-48)41-19-18-33(71-41)29-70-76(66,67)74-77(68,69)73-75(63,64)65)50(62)35-14-3-2-13-34(35)43-38-26-30-11-5-22-57-24-7-15-36(44(30)57)46(38)72-47-37-16-8-25-58-23-6-12-31(45(37)58)27-39(43)47/h2-3,13-14,26-28,33,41H,5-9,11-12,15-25,29H2,1H3,(H7-,52,53,54,55,60,61,63,64,65,66,67,68,69)/p+1/t33-,41+/m0/s1. The predicted molar refractivity (Wildman–Crippen MR) is 281 cm³/mol. The zero-order valence-electron chi connectivity index (χ0n) is 42.1. The second kappa shape index (κ2) is 21.0. The summed E-state index contributed by atoms with van der Waals surface area (Å²) in [5.41, 5.74) is 15.7. The van der Waals surface area contributed by atoms with Crippen molar-refractivity contribution in [2.75, 3.05) is 63.6 Å². The number of H-pyrrole nitrogens is 1. The van der Waals surface area contributed by atoms with Gasteiger partial charge in [-0.1, -0.05) is 30.0 Å². The van der Waals surface area contributed by atoms with Gasteiger partial charge in [0, 0.05) is 90.9 Å². The first-order valence-electron chi connectivity index (χ1n) is 25.7. The molecular weight excluding hydrogens is 1060 g/mol. The number of anilines is 2. The number of hydrogen-bond acceptors (Lipinski definition) is 14. The second-order valence-corrected chi connectivity index (χ2v) is 24.5. The quantitative estimate of drug-likeness (QED) is 0.0437. The molecule has 23 nitrogen and oxygen atoms in total. The lowest BCUT2D eigenvalue weighted by Gasteiger charge is -2.39. The molecular formula is C51H58N8O15P3+. The van der Waals surface area contributed by atoms with E-state index in [0.29, 0.717) is 18.5 Å². The van der Waals surface area contributed by atoms with Gasteiger partial charge in [-0.3, -0.25) is 23.9 Å². The summed E-state index contributed by atoms with van der Waals surface area (Å²) in [5.74, 6) is 6.98. The average Bonchev–Trinajstić information content (AvgIpc) is 4.15. The van der Waals surface area contributed by atoms with Gasteiger partial charge in [-0.2, -0.15) is 13.6 Å². The summed E-state index contributed by atoms with van der Waals surface area (Å²) >= 11 is 0. The Labute approximate surface area is 441 Å². The van der Waals surface area contributed by atoms with Crippen LogP contribution < -0.4 is 41.4 Å². The molecule has 11 rings (SSSR count). The molecule has 1 saturated heterocycles. The number of aromatic nitrogens is 3. The number of fused-ring (bicyclic) bond motifs is 5. The van der Waals surface area contributed by atoms with Crippen LogP contribution in [0.5, 0.6) is 11.5 Å². The zero-order valence-corrected chi connectivity index (χ0v) is 44.7. The van der Waals surface area contributed by atoms with Gasteiger partial charge in [0.05, 0.1) is 35.8 Å². The number of amides is 2. The van der Waals surface area contributed by atoms with Crippen molar-refractivity contribution in [2.45, 2.75) is 89.4 Å². The van der Waals surface area contributed by atoms with E-state index in [-0.39, 0.29) is 60.2 Å². The number of carbonyl (C=O) groups excluding carboxylic acids is 2. The van der Waals surface area contributed by atoms with Gasteiger partial charge in [0.1, 0.15) is 30.8 Å². The molecule has 77 heavy (non-hydrogen) atoms. The van der Waals surface area contributed by atoms with Gasteiger partial charge in [0.15, 0.2) is 5.65 Å². The zero-order chi connectivity index (χ0) is 54.0. The third-order valence-electron chi connectivity index (χ3n) is 14.9. The number of hydrogen-bond donors (Lipinski definition) is 7. The van der Waals surface area contributed by atoms with Crippen LogP contribution in [-0.2, 0) is 62.1 Å². The highest BCUT2D eigenvalue weighted by Crippen LogP contribution is 2.66. The van der Waals surface area contributed by atoms with E-state index in [2.05, 4.69) is 63.4 Å². The largest absolute Gasteiger partial charge is 0.490 e. The Morgan fingerprint density at radius 1 is 0.948 bits per heavy atom. The van der Waals surface area contributed by atoms with Crippen molar-refractivity contribution in [2.24, 2.45) is 0 Å². The maximum Gasteiger partial charge on any atom is 0.490 e. The molecule has 6 aliphatic rings. The maximum atomic E-state index is 14.7. The molecule has 5 aromatic rings. The Morgan fingerprint density at radius 3 is 2.51 bits per heavy atom. The lowest BCUT2D eigenvalue weighted by atomic mass is 9.81. The number of rotatable bonds is 15. The molecule has 2 amide bonds. The summed E-state index contributed by atoms with van der Waals surface area (Å²) in [6, 6.07) is 12.5. The van der Waals surface area contributed by atoms with E-state index in [1.165, 1.54) is 44.1 Å². The fourth-order valence-electron chi connectivity index (χ4n) is 11.8. The molecule has 0 saturated carbocycles. The number of phosphoric ester groups is 1. The number of aromatic amines is 1. The molecule has 4 atom stereocenters. The minimum atomic E-state index is -5.71. The molecule has 6 aliphatic heterocycles. The van der Waals surface area contributed by atoms with Crippen molar-refractivity contribution in [3.63, 3.8) is 0 Å². The molecule has 0 bridgehead atoms. The van der Waals surface area contributed by atoms with Crippen LogP contribution >= 0.6 is 23.5 Å². The highest BCUT2D eigenvalue weighted by atomic mass is 31.3. The molecule has 406 valence electrons. The number of nitrogens with one attached hydrogen (secondary N) is 2. The van der Waals surface area contributed by atoms with Crippen LogP contribution in [0.15, 0.2) is 47.4 Å². The first kappa shape index (κ1) is 53.0. The molecule has 0 spiro atoms. The van der Waals surface area contributed by atoms with E-state index in [1.54, 1.807) is 11.9 Å². The van der Waals surface area contributed by atoms with Gasteiger partial charge in [0.25, 0.3) is 11.5 Å². The molecule has 8 N–H and O–H groups in total. The number of nitrogens with two attached hydrogens (primary N) is 1. The van der Waals surface area contributed by atoms with Crippen LogP contribution in [0.25, 0.3) is 16.6 Å². The van der Waals surface area contributed by atoms with Gasteiger partial charge in [-0.05, 0) is 87.1 Å². The lowest BCUT2D eigenvalue weighted by Crippen LogP contribution is -2.45. The number of benzene rings is 3. The summed E-state index contributed by atoms with van der Waals surface area (Å²) < 4.78 is 64.4. The summed E-state index contributed by atoms with van der Waals surface area (Å²) in [5, 5.41) is 5.24. The Balaban J connectivity index is 0.765. The summed E-state index contributed by atoms with van der Waals surface area (Å²) in [6.07, 6.45) is 8.90. The molecule has 2 unspecified atom stereocenters. The topological polar surface area (TPSA) is 311 Å². The van der Waals surface area contributed by atoms with E-state index in [1.807, 2.05) is 18.2 Å². The average molecular weight is 1120 g/mol. The number of nitrogens with zero attached hydrogens (tertiary/aromatic N) is 5. The van der Waals surface area contributed by atoms with Crippen molar-refractivity contribution in [1.29, 1.82) is 0 Å². The van der Waals surface area contributed by atoms with E-state index in [0.717, 1.165) is 111 Å². The first-order chi connectivity index (χ1) is 36.8. The normalized spacial score (nSPS) is 19.9. The van der Waals surface area contributed by atoms with E-state index in [4.69, 9.17) is 29.5 Å². The van der Waals surface area contributed by atoms with E-state index in [9.17, 15) is 37.9 Å². The Bertz CT molecular complexity index is 3690. The Morgan fingerprint density at radius 2 is 1.70 bits per heavy atom. The number of carbonyl (C=O) groups is 2. The molecule has 2 aromatic heterocycles. The van der Waals surface area contributed by atoms with Crippen molar-refractivity contribution >= 4 is 63.5 Å². The van der Waals surface area contributed by atoms with Crippen LogP contribution in [-0.4, -0.2) is 110 Å². The summed E-state index contributed by atoms with van der Waals surface area (Å²) in [6.45, 7) is 3.74. The summed E-state index contributed by atoms with van der Waals surface area (Å²) in [4.78, 5) is 88.8. The van der Waals surface area contributed by atoms with Crippen LogP contribution in [0.4, 0.5) is 11.6 Å². The molecule has 1 fully saturated rings. The third kappa shape index (κ3) is 10.8. The van der Waals surface area contributed by atoms with Crippen molar-refractivity contribution in [3.05, 3.63) is 108 Å². The van der Waals surface area contributed by atoms with Crippen molar-refractivity contribution < 1.29 is 65.5 Å². The number of nitrogen functional groups attached to an aromatic ring is 1. The molecule has 26 heteroatoms. The Kier molecular flexibility index (Phi) is 14.5. The van der Waals surface area contributed by atoms with Gasteiger partial charge < -0.3 is 54.5 Å². The van der Waals surface area contributed by atoms with Crippen LogP contribution in [0.2, 0.25) is 0 Å². The fraction of sp³-hybridized carbons (Fsp3) is 0.431. The monoisotopic (exact) mass is 1120 g/mol. The number of phosphoric acid groups is 3. The molecule has 8 heterocycles.